The number of methoxy groups -OCH3 is 1. The van der Waals surface area contributed by atoms with Crippen LogP contribution in [0.3, 0.4) is 0 Å². The highest BCUT2D eigenvalue weighted by Gasteiger charge is 2.24. The third kappa shape index (κ3) is 6.47. The molecule has 1 amide bonds. The fourth-order valence-corrected chi connectivity index (χ4v) is 4.19. The summed E-state index contributed by atoms with van der Waals surface area (Å²) in [5.74, 6) is 1.52. The molecule has 0 saturated carbocycles. The van der Waals surface area contributed by atoms with Gasteiger partial charge in [0.25, 0.3) is 0 Å². The molecular weight excluding hydrogens is 404 g/mol. The van der Waals surface area contributed by atoms with E-state index in [0.29, 0.717) is 38.5 Å². The molecule has 1 N–H and O–H groups in total. The van der Waals surface area contributed by atoms with Gasteiger partial charge in [0.15, 0.2) is 11.5 Å². The Labute approximate surface area is 191 Å². The van der Waals surface area contributed by atoms with Gasteiger partial charge in [-0.2, -0.15) is 0 Å². The molecule has 0 bridgehead atoms. The highest BCUT2D eigenvalue weighted by molar-refractivity contribution is 5.76. The maximum atomic E-state index is 12.7. The average molecular weight is 441 g/mol. The fraction of sp³-hybridized carbons (Fsp3) is 0.500. The number of nitrogens with one attached hydrogen (secondary N) is 1. The van der Waals surface area contributed by atoms with E-state index in [1.807, 2.05) is 19.1 Å². The number of amides is 1. The van der Waals surface area contributed by atoms with Gasteiger partial charge in [-0.25, -0.2) is 0 Å². The zero-order valence-corrected chi connectivity index (χ0v) is 19.8. The minimum absolute atomic E-state index is 0.0496. The zero-order valence-electron chi connectivity index (χ0n) is 19.8. The minimum atomic E-state index is 0.0496. The van der Waals surface area contributed by atoms with E-state index in [1.54, 1.807) is 7.11 Å². The fourth-order valence-electron chi connectivity index (χ4n) is 4.19. The molecule has 1 saturated heterocycles. The number of benzene rings is 2. The van der Waals surface area contributed by atoms with Crippen LogP contribution < -0.4 is 14.8 Å². The predicted molar refractivity (Wildman–Crippen MR) is 127 cm³/mol. The minimum Gasteiger partial charge on any atom is -0.493 e. The molecule has 1 unspecified atom stereocenters. The number of morpholine rings is 1. The molecule has 6 nitrogen and oxygen atoms in total. The van der Waals surface area contributed by atoms with Crippen LogP contribution >= 0.6 is 0 Å². The number of carbonyl (C=O) groups is 1. The first-order valence-electron chi connectivity index (χ1n) is 11.5. The summed E-state index contributed by atoms with van der Waals surface area (Å²) in [6.07, 6.45) is 1.23. The van der Waals surface area contributed by atoms with Crippen molar-refractivity contribution in [2.75, 3.05) is 46.6 Å². The number of nitrogens with zero attached hydrogens (tertiary/aromatic N) is 1. The highest BCUT2D eigenvalue weighted by Crippen LogP contribution is 2.32. The molecule has 2 aromatic carbocycles. The van der Waals surface area contributed by atoms with Crippen molar-refractivity contribution in [2.24, 2.45) is 0 Å². The SMILES string of the molecule is CCOc1ccc(C(CNC(=O)CCc2ccc(C)cc2C)N2CCOCC2)cc1OC. The van der Waals surface area contributed by atoms with E-state index in [4.69, 9.17) is 14.2 Å². The van der Waals surface area contributed by atoms with Crippen LogP contribution in [0.1, 0.15) is 41.6 Å². The van der Waals surface area contributed by atoms with Crippen molar-refractivity contribution < 1.29 is 19.0 Å². The van der Waals surface area contributed by atoms with Crippen molar-refractivity contribution in [2.45, 2.75) is 39.7 Å². The van der Waals surface area contributed by atoms with Gasteiger partial charge in [0, 0.05) is 26.1 Å². The molecule has 0 aromatic heterocycles. The quantitative estimate of drug-likeness (QED) is 0.608. The molecule has 0 aliphatic carbocycles. The van der Waals surface area contributed by atoms with E-state index < -0.39 is 0 Å². The Morgan fingerprint density at radius 2 is 1.91 bits per heavy atom. The van der Waals surface area contributed by atoms with E-state index in [0.717, 1.165) is 30.8 Å². The Morgan fingerprint density at radius 1 is 1.12 bits per heavy atom. The van der Waals surface area contributed by atoms with Crippen molar-refractivity contribution in [1.29, 1.82) is 0 Å². The second kappa shape index (κ2) is 11.9. The van der Waals surface area contributed by atoms with Gasteiger partial charge in [-0.1, -0.05) is 29.8 Å². The van der Waals surface area contributed by atoms with Gasteiger partial charge < -0.3 is 19.5 Å². The molecule has 2 aromatic rings. The maximum Gasteiger partial charge on any atom is 0.220 e. The lowest BCUT2D eigenvalue weighted by atomic mass is 10.0. The molecule has 0 spiro atoms. The lowest BCUT2D eigenvalue weighted by Gasteiger charge is -2.35. The van der Waals surface area contributed by atoms with Crippen LogP contribution in [-0.2, 0) is 16.0 Å². The summed E-state index contributed by atoms with van der Waals surface area (Å²) in [6.45, 7) is 10.3. The van der Waals surface area contributed by atoms with Crippen LogP contribution in [-0.4, -0.2) is 57.4 Å². The van der Waals surface area contributed by atoms with Gasteiger partial charge in [-0.05, 0) is 56.0 Å². The summed E-state index contributed by atoms with van der Waals surface area (Å²) >= 11 is 0. The van der Waals surface area contributed by atoms with E-state index in [2.05, 4.69) is 48.3 Å². The Morgan fingerprint density at radius 3 is 2.59 bits per heavy atom. The Balaban J connectivity index is 1.67. The monoisotopic (exact) mass is 440 g/mol. The van der Waals surface area contributed by atoms with Crippen LogP contribution in [0.4, 0.5) is 0 Å². The smallest absolute Gasteiger partial charge is 0.220 e. The number of carbonyl (C=O) groups excluding carboxylic acids is 1. The molecule has 32 heavy (non-hydrogen) atoms. The van der Waals surface area contributed by atoms with Crippen LogP contribution in [0.25, 0.3) is 0 Å². The third-order valence-electron chi connectivity index (χ3n) is 5.97. The topological polar surface area (TPSA) is 60.0 Å². The molecule has 1 atom stereocenters. The van der Waals surface area contributed by atoms with Crippen LogP contribution in [0.15, 0.2) is 36.4 Å². The first-order chi connectivity index (χ1) is 15.5. The molecule has 1 aliphatic rings. The summed E-state index contributed by atoms with van der Waals surface area (Å²) < 4.78 is 16.8. The summed E-state index contributed by atoms with van der Waals surface area (Å²) in [5, 5.41) is 3.16. The Kier molecular flexibility index (Phi) is 8.94. The second-order valence-corrected chi connectivity index (χ2v) is 8.24. The van der Waals surface area contributed by atoms with Crippen LogP contribution in [0, 0.1) is 13.8 Å². The number of aryl methyl sites for hydroxylation is 3. The van der Waals surface area contributed by atoms with Crippen LogP contribution in [0.5, 0.6) is 11.5 Å². The van der Waals surface area contributed by atoms with Crippen molar-refractivity contribution >= 4 is 5.91 Å². The molecule has 1 heterocycles. The molecule has 0 radical (unpaired) electrons. The highest BCUT2D eigenvalue weighted by atomic mass is 16.5. The number of hydrogen-bond acceptors (Lipinski definition) is 5. The van der Waals surface area contributed by atoms with Crippen molar-refractivity contribution in [3.05, 3.63) is 58.7 Å². The van der Waals surface area contributed by atoms with E-state index >= 15 is 0 Å². The lowest BCUT2D eigenvalue weighted by Crippen LogP contribution is -2.43. The van der Waals surface area contributed by atoms with Crippen LogP contribution in [0.2, 0.25) is 0 Å². The first-order valence-corrected chi connectivity index (χ1v) is 11.5. The lowest BCUT2D eigenvalue weighted by molar-refractivity contribution is -0.121. The third-order valence-corrected chi connectivity index (χ3v) is 5.97. The average Bonchev–Trinajstić information content (AvgIpc) is 2.80. The van der Waals surface area contributed by atoms with Crippen molar-refractivity contribution in [3.63, 3.8) is 0 Å². The summed E-state index contributed by atoms with van der Waals surface area (Å²) in [6, 6.07) is 12.5. The van der Waals surface area contributed by atoms with E-state index in [9.17, 15) is 4.79 Å². The second-order valence-electron chi connectivity index (χ2n) is 8.24. The molecule has 1 aliphatic heterocycles. The van der Waals surface area contributed by atoms with Crippen molar-refractivity contribution in [3.8, 4) is 11.5 Å². The normalized spacial score (nSPS) is 15.2. The molecule has 6 heteroatoms. The van der Waals surface area contributed by atoms with Gasteiger partial charge in [0.05, 0.1) is 33.0 Å². The van der Waals surface area contributed by atoms with Gasteiger partial charge >= 0.3 is 0 Å². The number of rotatable bonds is 10. The van der Waals surface area contributed by atoms with Gasteiger partial charge in [0.2, 0.25) is 5.91 Å². The first kappa shape index (κ1) is 24.1. The van der Waals surface area contributed by atoms with Gasteiger partial charge in [0.1, 0.15) is 0 Å². The largest absolute Gasteiger partial charge is 0.493 e. The molecule has 3 rings (SSSR count). The number of hydrogen-bond donors (Lipinski definition) is 1. The summed E-state index contributed by atoms with van der Waals surface area (Å²) in [5.41, 5.74) is 4.81. The predicted octanol–water partition coefficient (Wildman–Crippen LogP) is 3.83. The van der Waals surface area contributed by atoms with Gasteiger partial charge in [-0.15, -0.1) is 0 Å². The Bertz CT molecular complexity index is 893. The van der Waals surface area contributed by atoms with Crippen molar-refractivity contribution in [1.82, 2.24) is 10.2 Å². The molecular formula is C26H36N2O4. The van der Waals surface area contributed by atoms with Gasteiger partial charge in [-0.3, -0.25) is 9.69 Å². The zero-order chi connectivity index (χ0) is 22.9. The van der Waals surface area contributed by atoms with E-state index in [1.165, 1.54) is 16.7 Å². The standard InChI is InChI=1S/C26H36N2O4/c1-5-32-24-10-8-22(17-25(24)30-4)23(28-12-14-31-15-13-28)18-27-26(29)11-9-21-7-6-19(2)16-20(21)3/h6-8,10,16-17,23H,5,9,11-15,18H2,1-4H3,(H,27,29). The summed E-state index contributed by atoms with van der Waals surface area (Å²) in [4.78, 5) is 15.0. The maximum absolute atomic E-state index is 12.7. The molecule has 174 valence electrons. The van der Waals surface area contributed by atoms with E-state index in [-0.39, 0.29) is 11.9 Å². The Hall–Kier alpha value is -2.57. The molecule has 1 fully saturated rings. The summed E-state index contributed by atoms with van der Waals surface area (Å²) in [7, 11) is 1.65. The number of ether oxygens (including phenoxy) is 3.